The molecule has 16 heavy (non-hydrogen) atoms. The molecular formula is C11H8ClN3S. The Balaban J connectivity index is 2.32. The van der Waals surface area contributed by atoms with E-state index in [4.69, 9.17) is 11.6 Å². The molecule has 3 nitrogen and oxygen atoms in total. The molecule has 0 N–H and O–H groups in total. The van der Waals surface area contributed by atoms with Crippen molar-refractivity contribution in [3.05, 3.63) is 40.4 Å². The van der Waals surface area contributed by atoms with Gasteiger partial charge in [0.25, 0.3) is 0 Å². The first kappa shape index (κ1) is 9.81. The maximum atomic E-state index is 5.93. The maximum Gasteiger partial charge on any atom is 0.178 e. The number of hydrogen-bond donors (Lipinski definition) is 0. The van der Waals surface area contributed by atoms with Gasteiger partial charge in [-0.05, 0) is 31.2 Å². The van der Waals surface area contributed by atoms with E-state index in [1.807, 2.05) is 41.7 Å². The van der Waals surface area contributed by atoms with Gasteiger partial charge in [-0.2, -0.15) is 0 Å². The molecule has 0 aliphatic rings. The second-order valence-electron chi connectivity index (χ2n) is 3.49. The van der Waals surface area contributed by atoms with Crippen molar-refractivity contribution in [3.63, 3.8) is 0 Å². The van der Waals surface area contributed by atoms with E-state index in [0.29, 0.717) is 0 Å². The van der Waals surface area contributed by atoms with Crippen molar-refractivity contribution in [1.82, 2.24) is 14.6 Å². The smallest absolute Gasteiger partial charge is 0.178 e. The average Bonchev–Trinajstić information content (AvgIpc) is 2.84. The Labute approximate surface area is 101 Å². The zero-order valence-corrected chi connectivity index (χ0v) is 10.1. The monoisotopic (exact) mass is 249 g/mol. The van der Waals surface area contributed by atoms with Gasteiger partial charge in [0.15, 0.2) is 11.5 Å². The topological polar surface area (TPSA) is 30.2 Å². The van der Waals surface area contributed by atoms with E-state index in [1.165, 1.54) is 11.3 Å². The Morgan fingerprint density at radius 1 is 1.19 bits per heavy atom. The number of rotatable bonds is 1. The van der Waals surface area contributed by atoms with Gasteiger partial charge in [-0.15, -0.1) is 21.5 Å². The molecule has 0 atom stereocenters. The van der Waals surface area contributed by atoms with Gasteiger partial charge >= 0.3 is 0 Å². The van der Waals surface area contributed by atoms with Crippen LogP contribution in [0.25, 0.3) is 16.3 Å². The van der Waals surface area contributed by atoms with Crippen LogP contribution in [0.15, 0.2) is 30.3 Å². The predicted molar refractivity (Wildman–Crippen MR) is 66.0 cm³/mol. The van der Waals surface area contributed by atoms with Gasteiger partial charge in [-0.25, -0.2) is 0 Å². The molecule has 3 aromatic rings. The van der Waals surface area contributed by atoms with Gasteiger partial charge in [0.1, 0.15) is 0 Å². The van der Waals surface area contributed by atoms with Gasteiger partial charge in [-0.1, -0.05) is 17.7 Å². The maximum absolute atomic E-state index is 5.93. The van der Waals surface area contributed by atoms with Crippen LogP contribution in [0.1, 0.15) is 5.69 Å². The van der Waals surface area contributed by atoms with Crippen molar-refractivity contribution < 1.29 is 0 Å². The SMILES string of the molecule is Cc1cccc2nnc(-c3ccc(Cl)s3)n12. The molecule has 0 unspecified atom stereocenters. The Hall–Kier alpha value is -1.39. The summed E-state index contributed by atoms with van der Waals surface area (Å²) in [6.07, 6.45) is 0. The molecule has 5 heteroatoms. The fourth-order valence-electron chi connectivity index (χ4n) is 1.69. The van der Waals surface area contributed by atoms with Gasteiger partial charge < -0.3 is 0 Å². The molecule has 0 aliphatic carbocycles. The van der Waals surface area contributed by atoms with Gasteiger partial charge in [-0.3, -0.25) is 4.40 Å². The summed E-state index contributed by atoms with van der Waals surface area (Å²) in [5.41, 5.74) is 1.97. The normalized spacial score (nSPS) is 11.1. The number of aromatic nitrogens is 3. The molecule has 0 radical (unpaired) electrons. The van der Waals surface area contributed by atoms with E-state index in [2.05, 4.69) is 10.2 Å². The molecule has 0 spiro atoms. The van der Waals surface area contributed by atoms with Crippen LogP contribution in [0.2, 0.25) is 4.34 Å². The Morgan fingerprint density at radius 3 is 2.81 bits per heavy atom. The van der Waals surface area contributed by atoms with Crippen LogP contribution in [0.5, 0.6) is 0 Å². The van der Waals surface area contributed by atoms with Crippen LogP contribution in [-0.4, -0.2) is 14.6 Å². The predicted octanol–water partition coefficient (Wildman–Crippen LogP) is 3.42. The summed E-state index contributed by atoms with van der Waals surface area (Å²) < 4.78 is 2.79. The van der Waals surface area contributed by atoms with Gasteiger partial charge in [0.2, 0.25) is 0 Å². The molecule has 3 aromatic heterocycles. The number of nitrogens with zero attached hydrogens (tertiary/aromatic N) is 3. The molecule has 80 valence electrons. The fourth-order valence-corrected chi connectivity index (χ4v) is 2.71. The molecule has 0 bridgehead atoms. The Morgan fingerprint density at radius 2 is 2.06 bits per heavy atom. The van der Waals surface area contributed by atoms with E-state index in [-0.39, 0.29) is 0 Å². The van der Waals surface area contributed by atoms with Crippen molar-refractivity contribution >= 4 is 28.6 Å². The summed E-state index contributed by atoms with van der Waals surface area (Å²) >= 11 is 7.44. The highest BCUT2D eigenvalue weighted by atomic mass is 35.5. The highest BCUT2D eigenvalue weighted by Crippen LogP contribution is 2.30. The summed E-state index contributed by atoms with van der Waals surface area (Å²) in [7, 11) is 0. The molecule has 3 heterocycles. The first-order valence-corrected chi connectivity index (χ1v) is 6.01. The van der Waals surface area contributed by atoms with Gasteiger partial charge in [0, 0.05) is 5.69 Å². The van der Waals surface area contributed by atoms with Crippen molar-refractivity contribution in [2.24, 2.45) is 0 Å². The lowest BCUT2D eigenvalue weighted by molar-refractivity contribution is 1.08. The van der Waals surface area contributed by atoms with Crippen LogP contribution in [-0.2, 0) is 0 Å². The summed E-state index contributed by atoms with van der Waals surface area (Å²) in [6, 6.07) is 9.80. The van der Waals surface area contributed by atoms with Crippen LogP contribution in [0.3, 0.4) is 0 Å². The minimum Gasteiger partial charge on any atom is -0.279 e. The number of thiophene rings is 1. The Kier molecular flexibility index (Phi) is 2.19. The summed E-state index contributed by atoms with van der Waals surface area (Å²) in [5.74, 6) is 0.852. The molecular weight excluding hydrogens is 242 g/mol. The van der Waals surface area contributed by atoms with Crippen LogP contribution in [0, 0.1) is 6.92 Å². The second kappa shape index (κ2) is 3.57. The van der Waals surface area contributed by atoms with Crippen LogP contribution >= 0.6 is 22.9 Å². The average molecular weight is 250 g/mol. The first-order chi connectivity index (χ1) is 7.75. The highest BCUT2D eigenvalue weighted by molar-refractivity contribution is 7.19. The number of fused-ring (bicyclic) bond motifs is 1. The summed E-state index contributed by atoms with van der Waals surface area (Å²) in [6.45, 7) is 2.04. The third-order valence-corrected chi connectivity index (χ3v) is 3.64. The first-order valence-electron chi connectivity index (χ1n) is 4.82. The lowest BCUT2D eigenvalue weighted by atomic mass is 10.3. The third-order valence-electron chi connectivity index (χ3n) is 2.42. The van der Waals surface area contributed by atoms with Crippen molar-refractivity contribution in [3.8, 4) is 10.7 Å². The lowest BCUT2D eigenvalue weighted by Crippen LogP contribution is -1.92. The van der Waals surface area contributed by atoms with Gasteiger partial charge in [0.05, 0.1) is 9.21 Å². The molecule has 0 aliphatic heterocycles. The third kappa shape index (κ3) is 1.42. The zero-order valence-electron chi connectivity index (χ0n) is 8.51. The van der Waals surface area contributed by atoms with E-state index >= 15 is 0 Å². The molecule has 0 aromatic carbocycles. The van der Waals surface area contributed by atoms with E-state index in [9.17, 15) is 0 Å². The second-order valence-corrected chi connectivity index (χ2v) is 5.20. The van der Waals surface area contributed by atoms with Crippen LogP contribution in [0.4, 0.5) is 0 Å². The van der Waals surface area contributed by atoms with Crippen molar-refractivity contribution in [2.45, 2.75) is 6.92 Å². The fraction of sp³-hybridized carbons (Fsp3) is 0.0909. The lowest BCUT2D eigenvalue weighted by Gasteiger charge is -2.00. The van der Waals surface area contributed by atoms with E-state index in [1.54, 1.807) is 0 Å². The number of halogens is 1. The standard InChI is InChI=1S/C11H8ClN3S/c1-7-3-2-4-10-13-14-11(15(7)10)8-5-6-9(12)16-8/h2-6H,1H3. The summed E-state index contributed by atoms with van der Waals surface area (Å²) in [5, 5.41) is 8.35. The minimum atomic E-state index is 0.764. The van der Waals surface area contributed by atoms with E-state index in [0.717, 1.165) is 26.4 Å². The molecule has 0 fully saturated rings. The number of pyridine rings is 1. The van der Waals surface area contributed by atoms with Crippen molar-refractivity contribution in [2.75, 3.05) is 0 Å². The quantitative estimate of drug-likeness (QED) is 0.662. The molecule has 0 saturated carbocycles. The zero-order chi connectivity index (χ0) is 11.1. The largest absolute Gasteiger partial charge is 0.279 e. The molecule has 0 saturated heterocycles. The van der Waals surface area contributed by atoms with Crippen molar-refractivity contribution in [1.29, 1.82) is 0 Å². The summed E-state index contributed by atoms with van der Waals surface area (Å²) in [4.78, 5) is 1.03. The number of aryl methyl sites for hydroxylation is 1. The Bertz CT molecular complexity index is 656. The minimum absolute atomic E-state index is 0.764. The molecule has 0 amide bonds. The highest BCUT2D eigenvalue weighted by Gasteiger charge is 2.11. The number of hydrogen-bond acceptors (Lipinski definition) is 3. The van der Waals surface area contributed by atoms with Crippen LogP contribution < -0.4 is 0 Å². The van der Waals surface area contributed by atoms with E-state index < -0.39 is 0 Å². The molecule has 3 rings (SSSR count).